The first-order valence-corrected chi connectivity index (χ1v) is 5.70. The van der Waals surface area contributed by atoms with Gasteiger partial charge in [0.1, 0.15) is 0 Å². The third kappa shape index (κ3) is 4.45. The fourth-order valence-electron chi connectivity index (χ4n) is 1.67. The van der Waals surface area contributed by atoms with E-state index in [1.54, 1.807) is 6.92 Å². The second-order valence-electron chi connectivity index (χ2n) is 4.01. The lowest BCUT2D eigenvalue weighted by Gasteiger charge is -2.19. The smallest absolute Gasteiger partial charge is 0.0636 e. The molecule has 0 saturated heterocycles. The van der Waals surface area contributed by atoms with Gasteiger partial charge in [0, 0.05) is 12.6 Å². The van der Waals surface area contributed by atoms with Crippen LogP contribution in [0, 0.1) is 0 Å². The number of hydrogen-bond acceptors (Lipinski definition) is 2. The van der Waals surface area contributed by atoms with Gasteiger partial charge in [-0.25, -0.2) is 0 Å². The molecule has 2 heteroatoms. The minimum absolute atomic E-state index is 0.284. The first-order valence-electron chi connectivity index (χ1n) is 5.70. The van der Waals surface area contributed by atoms with Crippen molar-refractivity contribution in [3.05, 3.63) is 35.9 Å². The van der Waals surface area contributed by atoms with Crippen LogP contribution in [0.2, 0.25) is 0 Å². The summed E-state index contributed by atoms with van der Waals surface area (Å²) in [5.74, 6) is 0. The SMILES string of the molecule is CCC[C@H](NC[C@@H](C)O)c1ccccc1. The van der Waals surface area contributed by atoms with Crippen molar-refractivity contribution in [2.75, 3.05) is 6.54 Å². The van der Waals surface area contributed by atoms with Crippen LogP contribution in [0.5, 0.6) is 0 Å². The average Bonchev–Trinajstić information content (AvgIpc) is 2.25. The number of hydrogen-bond donors (Lipinski definition) is 2. The van der Waals surface area contributed by atoms with Gasteiger partial charge in [-0.15, -0.1) is 0 Å². The van der Waals surface area contributed by atoms with Gasteiger partial charge in [0.25, 0.3) is 0 Å². The van der Waals surface area contributed by atoms with Gasteiger partial charge < -0.3 is 10.4 Å². The molecule has 0 unspecified atom stereocenters. The molecule has 84 valence electrons. The summed E-state index contributed by atoms with van der Waals surface area (Å²) >= 11 is 0. The molecule has 1 aromatic rings. The van der Waals surface area contributed by atoms with Gasteiger partial charge in [0.15, 0.2) is 0 Å². The molecule has 0 spiro atoms. The van der Waals surface area contributed by atoms with Gasteiger partial charge in [-0.1, -0.05) is 43.7 Å². The van der Waals surface area contributed by atoms with E-state index in [9.17, 15) is 5.11 Å². The molecule has 0 saturated carbocycles. The Hall–Kier alpha value is -0.860. The fourth-order valence-corrected chi connectivity index (χ4v) is 1.67. The van der Waals surface area contributed by atoms with Crippen molar-refractivity contribution < 1.29 is 5.11 Å². The zero-order valence-electron chi connectivity index (χ0n) is 9.61. The first kappa shape index (κ1) is 12.2. The molecule has 2 atom stereocenters. The van der Waals surface area contributed by atoms with Crippen molar-refractivity contribution in [1.82, 2.24) is 5.32 Å². The Morgan fingerprint density at radius 1 is 1.27 bits per heavy atom. The Kier molecular flexibility index (Phi) is 5.37. The Balaban J connectivity index is 2.57. The van der Waals surface area contributed by atoms with Crippen molar-refractivity contribution in [3.63, 3.8) is 0 Å². The van der Waals surface area contributed by atoms with E-state index in [-0.39, 0.29) is 6.10 Å². The van der Waals surface area contributed by atoms with Crippen molar-refractivity contribution in [3.8, 4) is 0 Å². The van der Waals surface area contributed by atoms with Crippen molar-refractivity contribution in [1.29, 1.82) is 0 Å². The monoisotopic (exact) mass is 207 g/mol. The van der Waals surface area contributed by atoms with E-state index < -0.39 is 0 Å². The molecule has 1 aromatic carbocycles. The molecule has 2 N–H and O–H groups in total. The molecule has 15 heavy (non-hydrogen) atoms. The van der Waals surface area contributed by atoms with Crippen LogP contribution in [0.15, 0.2) is 30.3 Å². The molecule has 0 aliphatic carbocycles. The van der Waals surface area contributed by atoms with Crippen LogP contribution in [0.25, 0.3) is 0 Å². The Labute approximate surface area is 92.3 Å². The summed E-state index contributed by atoms with van der Waals surface area (Å²) < 4.78 is 0. The predicted molar refractivity (Wildman–Crippen MR) is 63.8 cm³/mol. The highest BCUT2D eigenvalue weighted by Crippen LogP contribution is 2.17. The molecule has 0 heterocycles. The predicted octanol–water partition coefficient (Wildman–Crippen LogP) is 2.50. The van der Waals surface area contributed by atoms with Gasteiger partial charge in [-0.3, -0.25) is 0 Å². The summed E-state index contributed by atoms with van der Waals surface area (Å²) in [4.78, 5) is 0. The highest BCUT2D eigenvalue weighted by atomic mass is 16.3. The highest BCUT2D eigenvalue weighted by molar-refractivity contribution is 5.18. The first-order chi connectivity index (χ1) is 7.24. The van der Waals surface area contributed by atoms with Crippen LogP contribution in [-0.4, -0.2) is 17.8 Å². The lowest BCUT2D eigenvalue weighted by atomic mass is 10.0. The Morgan fingerprint density at radius 3 is 2.47 bits per heavy atom. The maximum Gasteiger partial charge on any atom is 0.0636 e. The van der Waals surface area contributed by atoms with Gasteiger partial charge in [0.05, 0.1) is 6.10 Å². The van der Waals surface area contributed by atoms with Crippen molar-refractivity contribution in [2.24, 2.45) is 0 Å². The van der Waals surface area contributed by atoms with Crippen molar-refractivity contribution in [2.45, 2.75) is 38.8 Å². The molecule has 2 nitrogen and oxygen atoms in total. The molecule has 0 bridgehead atoms. The number of aliphatic hydroxyl groups excluding tert-OH is 1. The van der Waals surface area contributed by atoms with E-state index >= 15 is 0 Å². The summed E-state index contributed by atoms with van der Waals surface area (Å²) in [6.45, 7) is 4.64. The molecular weight excluding hydrogens is 186 g/mol. The molecular formula is C13H21NO. The van der Waals surface area contributed by atoms with Crippen LogP contribution in [0.1, 0.15) is 38.3 Å². The van der Waals surface area contributed by atoms with E-state index in [0.29, 0.717) is 12.6 Å². The van der Waals surface area contributed by atoms with Crippen molar-refractivity contribution >= 4 is 0 Å². The summed E-state index contributed by atoms with van der Waals surface area (Å²) in [7, 11) is 0. The molecule has 0 amide bonds. The van der Waals surface area contributed by atoms with E-state index in [1.165, 1.54) is 5.56 Å². The molecule has 0 fully saturated rings. The largest absolute Gasteiger partial charge is 0.392 e. The van der Waals surface area contributed by atoms with E-state index in [2.05, 4.69) is 36.5 Å². The molecule has 0 aromatic heterocycles. The van der Waals surface area contributed by atoms with E-state index in [0.717, 1.165) is 12.8 Å². The molecule has 0 aliphatic rings. The molecule has 0 aliphatic heterocycles. The maximum atomic E-state index is 9.25. The normalized spacial score (nSPS) is 14.9. The van der Waals surface area contributed by atoms with Gasteiger partial charge >= 0.3 is 0 Å². The lowest BCUT2D eigenvalue weighted by Crippen LogP contribution is -2.28. The summed E-state index contributed by atoms with van der Waals surface area (Å²) in [6, 6.07) is 10.8. The number of rotatable bonds is 6. The zero-order valence-corrected chi connectivity index (χ0v) is 9.61. The Morgan fingerprint density at radius 2 is 1.93 bits per heavy atom. The van der Waals surface area contributed by atoms with Gasteiger partial charge in [0.2, 0.25) is 0 Å². The lowest BCUT2D eigenvalue weighted by molar-refractivity contribution is 0.185. The number of aliphatic hydroxyl groups is 1. The number of benzene rings is 1. The summed E-state index contributed by atoms with van der Waals surface area (Å²) in [6.07, 6.45) is 1.97. The quantitative estimate of drug-likeness (QED) is 0.751. The van der Waals surface area contributed by atoms with Gasteiger partial charge in [-0.05, 0) is 18.9 Å². The molecule has 1 rings (SSSR count). The highest BCUT2D eigenvalue weighted by Gasteiger charge is 2.09. The number of nitrogens with one attached hydrogen (secondary N) is 1. The van der Waals surface area contributed by atoms with Crippen LogP contribution in [0.3, 0.4) is 0 Å². The van der Waals surface area contributed by atoms with E-state index in [4.69, 9.17) is 0 Å². The van der Waals surface area contributed by atoms with Gasteiger partial charge in [-0.2, -0.15) is 0 Å². The van der Waals surface area contributed by atoms with Crippen LogP contribution in [-0.2, 0) is 0 Å². The summed E-state index contributed by atoms with van der Waals surface area (Å²) in [5.41, 5.74) is 1.31. The second-order valence-corrected chi connectivity index (χ2v) is 4.01. The standard InChI is InChI=1S/C13H21NO/c1-3-7-13(14-10-11(2)15)12-8-5-4-6-9-12/h4-6,8-9,11,13-15H,3,7,10H2,1-2H3/t11-,13+/m1/s1. The van der Waals surface area contributed by atoms with Crippen LogP contribution < -0.4 is 5.32 Å². The minimum atomic E-state index is -0.284. The van der Waals surface area contributed by atoms with Crippen LogP contribution >= 0.6 is 0 Å². The molecule has 0 radical (unpaired) electrons. The minimum Gasteiger partial charge on any atom is -0.392 e. The third-order valence-electron chi connectivity index (χ3n) is 2.44. The third-order valence-corrected chi connectivity index (χ3v) is 2.44. The Bertz CT molecular complexity index is 258. The topological polar surface area (TPSA) is 32.3 Å². The average molecular weight is 207 g/mol. The second kappa shape index (κ2) is 6.59. The van der Waals surface area contributed by atoms with E-state index in [1.807, 2.05) is 6.07 Å². The fraction of sp³-hybridized carbons (Fsp3) is 0.538. The zero-order chi connectivity index (χ0) is 11.1. The maximum absolute atomic E-state index is 9.25. The summed E-state index contributed by atoms with van der Waals surface area (Å²) in [5, 5.41) is 12.6. The van der Waals surface area contributed by atoms with Crippen LogP contribution in [0.4, 0.5) is 0 Å².